The second-order valence-electron chi connectivity index (χ2n) is 6.32. The summed E-state index contributed by atoms with van der Waals surface area (Å²) in [5.74, 6) is 2.95. The normalized spacial score (nSPS) is 14.4. The smallest absolute Gasteiger partial charge is 0.234 e. The van der Waals surface area contributed by atoms with Gasteiger partial charge in [0.15, 0.2) is 0 Å². The summed E-state index contributed by atoms with van der Waals surface area (Å²) < 4.78 is 10.4. The molecular formula is C18H24N4O3S. The number of rotatable bonds is 8. The molecule has 1 aromatic carbocycles. The van der Waals surface area contributed by atoms with E-state index in [0.29, 0.717) is 28.3 Å². The molecule has 1 amide bonds. The number of methoxy groups -OCH3 is 2. The van der Waals surface area contributed by atoms with Gasteiger partial charge in [-0.05, 0) is 18.1 Å². The maximum Gasteiger partial charge on any atom is 0.234 e. The number of H-pyrrole nitrogens is 1. The SMILES string of the molecule is COc1ccc(NC(=O)CSc2n[nH]c(CC3CCCC3)n2)c(OC)c1. The van der Waals surface area contributed by atoms with Crippen LogP contribution in [0, 0.1) is 5.92 Å². The molecule has 26 heavy (non-hydrogen) atoms. The van der Waals surface area contributed by atoms with Gasteiger partial charge in [0.25, 0.3) is 0 Å². The van der Waals surface area contributed by atoms with Crippen molar-refractivity contribution in [2.45, 2.75) is 37.3 Å². The molecule has 0 spiro atoms. The third-order valence-corrected chi connectivity index (χ3v) is 5.33. The van der Waals surface area contributed by atoms with Gasteiger partial charge in [-0.2, -0.15) is 0 Å². The Hall–Kier alpha value is -2.22. The maximum atomic E-state index is 12.2. The van der Waals surface area contributed by atoms with Gasteiger partial charge in [0.1, 0.15) is 17.3 Å². The molecule has 2 N–H and O–H groups in total. The molecule has 1 aliphatic rings. The third-order valence-electron chi connectivity index (χ3n) is 4.48. The van der Waals surface area contributed by atoms with E-state index in [1.165, 1.54) is 37.4 Å². The highest BCUT2D eigenvalue weighted by Crippen LogP contribution is 2.29. The Morgan fingerprint density at radius 3 is 2.85 bits per heavy atom. The van der Waals surface area contributed by atoms with Gasteiger partial charge >= 0.3 is 0 Å². The first-order valence-electron chi connectivity index (χ1n) is 8.74. The molecule has 0 saturated heterocycles. The fraction of sp³-hybridized carbons (Fsp3) is 0.500. The van der Waals surface area contributed by atoms with Crippen molar-refractivity contribution < 1.29 is 14.3 Å². The van der Waals surface area contributed by atoms with Crippen LogP contribution >= 0.6 is 11.8 Å². The van der Waals surface area contributed by atoms with Crippen molar-refractivity contribution in [1.29, 1.82) is 0 Å². The molecule has 2 aromatic rings. The fourth-order valence-corrected chi connectivity index (χ4v) is 3.76. The van der Waals surface area contributed by atoms with Crippen LogP contribution in [0.4, 0.5) is 5.69 Å². The topological polar surface area (TPSA) is 89.1 Å². The van der Waals surface area contributed by atoms with Crippen LogP contribution in [0.2, 0.25) is 0 Å². The lowest BCUT2D eigenvalue weighted by molar-refractivity contribution is -0.113. The van der Waals surface area contributed by atoms with E-state index in [-0.39, 0.29) is 11.7 Å². The molecule has 7 nitrogen and oxygen atoms in total. The lowest BCUT2D eigenvalue weighted by atomic mass is 10.0. The Morgan fingerprint density at radius 2 is 2.12 bits per heavy atom. The largest absolute Gasteiger partial charge is 0.497 e. The summed E-state index contributed by atoms with van der Waals surface area (Å²) in [7, 11) is 3.14. The molecule has 0 atom stereocenters. The number of amides is 1. The number of anilines is 1. The summed E-state index contributed by atoms with van der Waals surface area (Å²) in [6, 6.07) is 5.26. The number of thioether (sulfide) groups is 1. The third kappa shape index (κ3) is 4.91. The second kappa shape index (κ2) is 8.93. The van der Waals surface area contributed by atoms with Crippen molar-refractivity contribution in [2.24, 2.45) is 5.92 Å². The summed E-state index contributed by atoms with van der Waals surface area (Å²) in [6.45, 7) is 0. The van der Waals surface area contributed by atoms with Gasteiger partial charge in [-0.3, -0.25) is 9.89 Å². The van der Waals surface area contributed by atoms with Gasteiger partial charge in [-0.25, -0.2) is 4.98 Å². The van der Waals surface area contributed by atoms with Crippen molar-refractivity contribution in [3.05, 3.63) is 24.0 Å². The van der Waals surface area contributed by atoms with Crippen molar-refractivity contribution in [2.75, 3.05) is 25.3 Å². The molecule has 8 heteroatoms. The first-order chi connectivity index (χ1) is 12.7. The molecule has 1 aliphatic carbocycles. The molecule has 1 heterocycles. The minimum atomic E-state index is -0.138. The van der Waals surface area contributed by atoms with E-state index >= 15 is 0 Å². The van der Waals surface area contributed by atoms with Crippen LogP contribution in [-0.4, -0.2) is 41.1 Å². The first kappa shape index (κ1) is 18.6. The van der Waals surface area contributed by atoms with Crippen LogP contribution in [0.5, 0.6) is 11.5 Å². The van der Waals surface area contributed by atoms with Crippen molar-refractivity contribution in [1.82, 2.24) is 15.2 Å². The number of aromatic nitrogens is 3. The standard InChI is InChI=1S/C18H24N4O3S/c1-24-13-7-8-14(15(10-13)25-2)19-17(23)11-26-18-20-16(21-22-18)9-12-5-3-4-6-12/h7-8,10,12H,3-6,9,11H2,1-2H3,(H,19,23)(H,20,21,22). The molecule has 1 saturated carbocycles. The highest BCUT2D eigenvalue weighted by Gasteiger charge is 2.18. The molecule has 1 aromatic heterocycles. The van der Waals surface area contributed by atoms with E-state index in [4.69, 9.17) is 9.47 Å². The predicted octanol–water partition coefficient (Wildman–Crippen LogP) is 3.29. The number of aromatic amines is 1. The molecule has 0 unspecified atom stereocenters. The average Bonchev–Trinajstić information content (AvgIpc) is 3.33. The van der Waals surface area contributed by atoms with Crippen LogP contribution in [0.25, 0.3) is 0 Å². The Kier molecular flexibility index (Phi) is 6.38. The number of ether oxygens (including phenoxy) is 2. The van der Waals surface area contributed by atoms with E-state index in [1.807, 2.05) is 0 Å². The van der Waals surface area contributed by atoms with E-state index in [0.717, 1.165) is 12.2 Å². The molecule has 0 radical (unpaired) electrons. The van der Waals surface area contributed by atoms with E-state index in [2.05, 4.69) is 20.5 Å². The van der Waals surface area contributed by atoms with E-state index < -0.39 is 0 Å². The zero-order valence-electron chi connectivity index (χ0n) is 15.1. The lowest BCUT2D eigenvalue weighted by Crippen LogP contribution is -2.14. The van der Waals surface area contributed by atoms with Crippen molar-refractivity contribution >= 4 is 23.4 Å². The predicted molar refractivity (Wildman–Crippen MR) is 101 cm³/mol. The number of benzene rings is 1. The Bertz CT molecular complexity index is 744. The van der Waals surface area contributed by atoms with Crippen LogP contribution < -0.4 is 14.8 Å². The quantitative estimate of drug-likeness (QED) is 0.687. The molecule has 140 valence electrons. The van der Waals surface area contributed by atoms with Gasteiger partial charge < -0.3 is 14.8 Å². The fourth-order valence-electron chi connectivity index (χ4n) is 3.14. The number of carbonyl (C=O) groups excluding carboxylic acids is 1. The summed E-state index contributed by atoms with van der Waals surface area (Å²) in [4.78, 5) is 16.7. The molecule has 3 rings (SSSR count). The Labute approximate surface area is 157 Å². The average molecular weight is 376 g/mol. The highest BCUT2D eigenvalue weighted by atomic mass is 32.2. The number of hydrogen-bond donors (Lipinski definition) is 2. The van der Waals surface area contributed by atoms with Crippen LogP contribution in [0.15, 0.2) is 23.4 Å². The number of carbonyl (C=O) groups is 1. The summed E-state index contributed by atoms with van der Waals surface area (Å²) in [5, 5.41) is 10.6. The Balaban J connectivity index is 1.50. The zero-order valence-corrected chi connectivity index (χ0v) is 15.9. The van der Waals surface area contributed by atoms with Crippen LogP contribution in [0.3, 0.4) is 0 Å². The lowest BCUT2D eigenvalue weighted by Gasteiger charge is -2.11. The van der Waals surface area contributed by atoms with E-state index in [9.17, 15) is 4.79 Å². The molecular weight excluding hydrogens is 352 g/mol. The number of nitrogens with zero attached hydrogens (tertiary/aromatic N) is 2. The number of hydrogen-bond acceptors (Lipinski definition) is 6. The summed E-state index contributed by atoms with van der Waals surface area (Å²) in [6.07, 6.45) is 6.12. The highest BCUT2D eigenvalue weighted by molar-refractivity contribution is 7.99. The van der Waals surface area contributed by atoms with Crippen LogP contribution in [0.1, 0.15) is 31.5 Å². The van der Waals surface area contributed by atoms with Gasteiger partial charge in [-0.1, -0.05) is 37.4 Å². The summed E-state index contributed by atoms with van der Waals surface area (Å²) in [5.41, 5.74) is 0.607. The zero-order chi connectivity index (χ0) is 18.4. The maximum absolute atomic E-state index is 12.2. The number of nitrogens with one attached hydrogen (secondary N) is 2. The summed E-state index contributed by atoms with van der Waals surface area (Å²) >= 11 is 1.32. The van der Waals surface area contributed by atoms with Gasteiger partial charge in [0.2, 0.25) is 11.1 Å². The van der Waals surface area contributed by atoms with Crippen molar-refractivity contribution in [3.63, 3.8) is 0 Å². The second-order valence-corrected chi connectivity index (χ2v) is 7.26. The molecule has 1 fully saturated rings. The van der Waals surface area contributed by atoms with E-state index in [1.54, 1.807) is 32.4 Å². The first-order valence-corrected chi connectivity index (χ1v) is 9.72. The minimum absolute atomic E-state index is 0.138. The van der Waals surface area contributed by atoms with Crippen molar-refractivity contribution in [3.8, 4) is 11.5 Å². The minimum Gasteiger partial charge on any atom is -0.497 e. The Morgan fingerprint density at radius 1 is 1.31 bits per heavy atom. The van der Waals surface area contributed by atoms with Gasteiger partial charge in [-0.15, -0.1) is 5.10 Å². The monoisotopic (exact) mass is 376 g/mol. The van der Waals surface area contributed by atoms with Gasteiger partial charge in [0.05, 0.1) is 25.7 Å². The van der Waals surface area contributed by atoms with Gasteiger partial charge in [0, 0.05) is 12.5 Å². The molecule has 0 aliphatic heterocycles. The molecule has 0 bridgehead atoms. The van der Waals surface area contributed by atoms with Crippen LogP contribution in [-0.2, 0) is 11.2 Å².